The van der Waals surface area contributed by atoms with Gasteiger partial charge in [-0.2, -0.15) is 11.8 Å². The van der Waals surface area contributed by atoms with E-state index in [1.807, 2.05) is 44.3 Å². The lowest BCUT2D eigenvalue weighted by Gasteiger charge is -2.23. The van der Waals surface area contributed by atoms with Crippen molar-refractivity contribution in [2.45, 2.75) is 13.0 Å². The Morgan fingerprint density at radius 2 is 2.00 bits per heavy atom. The van der Waals surface area contributed by atoms with E-state index in [4.69, 9.17) is 0 Å². The van der Waals surface area contributed by atoms with E-state index in [-0.39, 0.29) is 11.8 Å². The van der Waals surface area contributed by atoms with E-state index in [1.165, 1.54) is 0 Å². The largest absolute Gasteiger partial charge is 0.296 e. The third-order valence-corrected chi connectivity index (χ3v) is 3.34. The van der Waals surface area contributed by atoms with Crippen molar-refractivity contribution in [2.75, 3.05) is 25.6 Å². The molecular weight excluding hydrogens is 218 g/mol. The Bertz CT molecular complexity index is 326. The van der Waals surface area contributed by atoms with Gasteiger partial charge in [-0.05, 0) is 20.2 Å². The molecule has 0 fully saturated rings. The number of carbonyl (C=O) groups is 1. The average Bonchev–Trinajstić information content (AvgIpc) is 2.35. The Balaban J connectivity index is 2.60. The molecule has 2 nitrogen and oxygen atoms in total. The summed E-state index contributed by atoms with van der Waals surface area (Å²) in [4.78, 5) is 14.2. The van der Waals surface area contributed by atoms with Crippen LogP contribution in [0.25, 0.3) is 0 Å². The van der Waals surface area contributed by atoms with Gasteiger partial charge in [0.15, 0.2) is 5.78 Å². The number of carbonyl (C=O) groups excluding carboxylic acids is 1. The van der Waals surface area contributed by atoms with Crippen molar-refractivity contribution in [2.24, 2.45) is 0 Å². The minimum atomic E-state index is -0.0467. The number of benzene rings is 1. The van der Waals surface area contributed by atoms with Gasteiger partial charge >= 0.3 is 0 Å². The van der Waals surface area contributed by atoms with Gasteiger partial charge in [0.1, 0.15) is 0 Å². The smallest absolute Gasteiger partial charge is 0.179 e. The highest BCUT2D eigenvalue weighted by Gasteiger charge is 2.18. The van der Waals surface area contributed by atoms with Crippen molar-refractivity contribution in [1.29, 1.82) is 0 Å². The van der Waals surface area contributed by atoms with Crippen LogP contribution in [0.1, 0.15) is 17.3 Å². The summed E-state index contributed by atoms with van der Waals surface area (Å²) in [6.07, 6.45) is 2.08. The molecule has 0 aliphatic rings. The number of hydrogen-bond donors (Lipinski definition) is 0. The summed E-state index contributed by atoms with van der Waals surface area (Å²) < 4.78 is 0. The first-order chi connectivity index (χ1) is 7.66. The molecule has 0 saturated heterocycles. The van der Waals surface area contributed by atoms with E-state index < -0.39 is 0 Å². The molecule has 0 aliphatic carbocycles. The molecule has 1 atom stereocenters. The lowest BCUT2D eigenvalue weighted by Crippen LogP contribution is -2.37. The monoisotopic (exact) mass is 237 g/mol. The highest BCUT2D eigenvalue weighted by Crippen LogP contribution is 2.08. The number of hydrogen-bond acceptors (Lipinski definition) is 3. The predicted molar refractivity (Wildman–Crippen MR) is 71.2 cm³/mol. The minimum absolute atomic E-state index is 0.0467. The van der Waals surface area contributed by atoms with Gasteiger partial charge in [-0.3, -0.25) is 9.69 Å². The fourth-order valence-corrected chi connectivity index (χ4v) is 1.94. The van der Waals surface area contributed by atoms with E-state index in [9.17, 15) is 4.79 Å². The molecule has 0 N–H and O–H groups in total. The van der Waals surface area contributed by atoms with Crippen LogP contribution in [0.5, 0.6) is 0 Å². The van der Waals surface area contributed by atoms with Gasteiger partial charge in [-0.15, -0.1) is 0 Å². The van der Waals surface area contributed by atoms with Gasteiger partial charge in [0.05, 0.1) is 6.04 Å². The number of rotatable bonds is 6. The molecule has 1 unspecified atom stereocenters. The van der Waals surface area contributed by atoms with Gasteiger partial charge in [-0.25, -0.2) is 0 Å². The summed E-state index contributed by atoms with van der Waals surface area (Å²) >= 11 is 1.80. The van der Waals surface area contributed by atoms with Gasteiger partial charge < -0.3 is 0 Å². The summed E-state index contributed by atoms with van der Waals surface area (Å²) in [5.41, 5.74) is 0.797. The van der Waals surface area contributed by atoms with E-state index in [2.05, 4.69) is 11.2 Å². The number of thioether (sulfide) groups is 1. The van der Waals surface area contributed by atoms with Crippen LogP contribution in [0.15, 0.2) is 30.3 Å². The van der Waals surface area contributed by atoms with Gasteiger partial charge in [0.2, 0.25) is 0 Å². The van der Waals surface area contributed by atoms with Crippen LogP contribution in [0.2, 0.25) is 0 Å². The standard InChI is InChI=1S/C13H19NOS/c1-11(14(2)9-10-16-3)13(15)12-7-5-4-6-8-12/h4-8,11H,9-10H2,1-3H3. The second kappa shape index (κ2) is 6.71. The molecule has 0 radical (unpaired) electrons. The van der Waals surface area contributed by atoms with Crippen molar-refractivity contribution in [3.63, 3.8) is 0 Å². The molecule has 0 aliphatic heterocycles. The maximum absolute atomic E-state index is 12.1. The Kier molecular flexibility index (Phi) is 5.56. The number of ketones is 1. The van der Waals surface area contributed by atoms with Crippen LogP contribution in [-0.4, -0.2) is 42.3 Å². The number of Topliss-reactive ketones (excluding diaryl/α,β-unsaturated/α-hetero) is 1. The molecule has 0 heterocycles. The van der Waals surface area contributed by atoms with Crippen LogP contribution in [0.3, 0.4) is 0 Å². The van der Waals surface area contributed by atoms with E-state index in [1.54, 1.807) is 11.8 Å². The highest BCUT2D eigenvalue weighted by molar-refractivity contribution is 7.98. The van der Waals surface area contributed by atoms with Crippen molar-refractivity contribution in [3.8, 4) is 0 Å². The highest BCUT2D eigenvalue weighted by atomic mass is 32.2. The van der Waals surface area contributed by atoms with Crippen LogP contribution >= 0.6 is 11.8 Å². The van der Waals surface area contributed by atoms with Crippen LogP contribution in [0, 0.1) is 0 Å². The topological polar surface area (TPSA) is 20.3 Å². The first-order valence-electron chi connectivity index (χ1n) is 5.45. The SMILES string of the molecule is CSCCN(C)C(C)C(=O)c1ccccc1. The maximum Gasteiger partial charge on any atom is 0.179 e. The summed E-state index contributed by atoms with van der Waals surface area (Å²) in [7, 11) is 2.00. The lowest BCUT2D eigenvalue weighted by atomic mass is 10.0. The molecule has 1 aromatic carbocycles. The van der Waals surface area contributed by atoms with Crippen LogP contribution in [-0.2, 0) is 0 Å². The summed E-state index contributed by atoms with van der Waals surface area (Å²) in [6.45, 7) is 2.91. The Labute approximate surface area is 102 Å². The minimum Gasteiger partial charge on any atom is -0.296 e. The Hall–Kier alpha value is -0.800. The predicted octanol–water partition coefficient (Wildman–Crippen LogP) is 2.55. The first kappa shape index (κ1) is 13.3. The van der Waals surface area contributed by atoms with Gasteiger partial charge in [0.25, 0.3) is 0 Å². The number of likely N-dealkylation sites (N-methyl/N-ethyl adjacent to an activating group) is 1. The van der Waals surface area contributed by atoms with E-state index in [0.29, 0.717) is 0 Å². The van der Waals surface area contributed by atoms with Crippen molar-refractivity contribution >= 4 is 17.5 Å². The first-order valence-corrected chi connectivity index (χ1v) is 6.84. The second-order valence-electron chi connectivity index (χ2n) is 3.88. The molecule has 88 valence electrons. The maximum atomic E-state index is 12.1. The second-order valence-corrected chi connectivity index (χ2v) is 4.87. The van der Waals surface area contributed by atoms with Crippen molar-refractivity contribution < 1.29 is 4.79 Å². The molecule has 0 amide bonds. The fraction of sp³-hybridized carbons (Fsp3) is 0.462. The Morgan fingerprint density at radius 3 is 2.56 bits per heavy atom. The van der Waals surface area contributed by atoms with Crippen molar-refractivity contribution in [3.05, 3.63) is 35.9 Å². The molecule has 16 heavy (non-hydrogen) atoms. The number of nitrogens with zero attached hydrogens (tertiary/aromatic N) is 1. The van der Waals surface area contributed by atoms with E-state index >= 15 is 0 Å². The van der Waals surface area contributed by atoms with Gasteiger partial charge in [-0.1, -0.05) is 30.3 Å². The zero-order valence-corrected chi connectivity index (χ0v) is 11.0. The molecule has 1 rings (SSSR count). The molecule has 0 spiro atoms. The van der Waals surface area contributed by atoms with Crippen LogP contribution in [0.4, 0.5) is 0 Å². The molecule has 0 aromatic heterocycles. The quantitative estimate of drug-likeness (QED) is 0.709. The average molecular weight is 237 g/mol. The zero-order chi connectivity index (χ0) is 12.0. The molecule has 1 aromatic rings. The molecular formula is C13H19NOS. The third-order valence-electron chi connectivity index (χ3n) is 2.75. The summed E-state index contributed by atoms with van der Waals surface area (Å²) in [5.74, 6) is 1.26. The van der Waals surface area contributed by atoms with Crippen LogP contribution < -0.4 is 0 Å². The van der Waals surface area contributed by atoms with Crippen molar-refractivity contribution in [1.82, 2.24) is 4.90 Å². The summed E-state index contributed by atoms with van der Waals surface area (Å²) in [6, 6.07) is 9.44. The normalized spacial score (nSPS) is 12.8. The molecule has 3 heteroatoms. The van der Waals surface area contributed by atoms with Gasteiger partial charge in [0, 0.05) is 17.9 Å². The van der Waals surface area contributed by atoms with E-state index in [0.717, 1.165) is 17.9 Å². The Morgan fingerprint density at radius 1 is 1.38 bits per heavy atom. The summed E-state index contributed by atoms with van der Waals surface area (Å²) in [5, 5.41) is 0. The lowest BCUT2D eigenvalue weighted by molar-refractivity contribution is 0.0875. The third kappa shape index (κ3) is 3.65. The zero-order valence-electron chi connectivity index (χ0n) is 10.1. The fourth-order valence-electron chi connectivity index (χ4n) is 1.47. The molecule has 0 saturated carbocycles. The molecule has 0 bridgehead atoms.